The largest absolute Gasteiger partial charge is 0.489 e. The van der Waals surface area contributed by atoms with Crippen LogP contribution in [0.25, 0.3) is 0 Å². The Morgan fingerprint density at radius 3 is 2.83 bits per heavy atom. The van der Waals surface area contributed by atoms with Gasteiger partial charge in [0.15, 0.2) is 0 Å². The quantitative estimate of drug-likeness (QED) is 0.925. The molecular formula is C13H17BrN2O2. The zero-order valence-electron chi connectivity index (χ0n) is 10.1. The number of likely N-dealkylation sites (tertiary alicyclic amines) is 1. The van der Waals surface area contributed by atoms with E-state index in [-0.39, 0.29) is 18.6 Å². The predicted molar refractivity (Wildman–Crippen MR) is 73.4 cm³/mol. The van der Waals surface area contributed by atoms with Crippen LogP contribution in [0.4, 0.5) is 0 Å². The molecule has 0 aliphatic carbocycles. The van der Waals surface area contributed by atoms with Crippen molar-refractivity contribution in [1.82, 2.24) is 4.90 Å². The summed E-state index contributed by atoms with van der Waals surface area (Å²) in [6.45, 7) is 1.49. The zero-order valence-corrected chi connectivity index (χ0v) is 11.7. The van der Waals surface area contributed by atoms with Crippen LogP contribution in [-0.4, -0.2) is 36.5 Å². The van der Waals surface area contributed by atoms with Crippen LogP contribution in [-0.2, 0) is 4.79 Å². The van der Waals surface area contributed by atoms with Crippen LogP contribution < -0.4 is 10.5 Å². The number of piperidine rings is 1. The van der Waals surface area contributed by atoms with Gasteiger partial charge in [-0.05, 0) is 37.1 Å². The maximum absolute atomic E-state index is 11.5. The lowest BCUT2D eigenvalue weighted by Gasteiger charge is -2.32. The molecular weight excluding hydrogens is 296 g/mol. The molecule has 1 aliphatic rings. The molecule has 4 nitrogen and oxygen atoms in total. The molecule has 0 spiro atoms. The maximum atomic E-state index is 11.5. The molecule has 1 fully saturated rings. The average molecular weight is 313 g/mol. The lowest BCUT2D eigenvalue weighted by molar-refractivity contribution is -0.132. The molecule has 1 amide bonds. The molecule has 98 valence electrons. The van der Waals surface area contributed by atoms with E-state index in [1.54, 1.807) is 4.90 Å². The smallest absolute Gasteiger partial charge is 0.236 e. The van der Waals surface area contributed by atoms with Crippen LogP contribution in [0.5, 0.6) is 5.75 Å². The van der Waals surface area contributed by atoms with E-state index < -0.39 is 0 Å². The van der Waals surface area contributed by atoms with Crippen molar-refractivity contribution in [1.29, 1.82) is 0 Å². The molecule has 2 rings (SSSR count). The summed E-state index contributed by atoms with van der Waals surface area (Å²) in [5, 5.41) is 0. The second kappa shape index (κ2) is 6.20. The molecule has 5 heteroatoms. The van der Waals surface area contributed by atoms with E-state index in [0.717, 1.165) is 29.6 Å². The minimum atomic E-state index is -0.000828. The van der Waals surface area contributed by atoms with Gasteiger partial charge in [0.25, 0.3) is 0 Å². The van der Waals surface area contributed by atoms with Gasteiger partial charge in [0.1, 0.15) is 11.9 Å². The maximum Gasteiger partial charge on any atom is 0.236 e. The number of carbonyl (C=O) groups excluding carboxylic acids is 1. The van der Waals surface area contributed by atoms with Gasteiger partial charge in [0.2, 0.25) is 5.91 Å². The van der Waals surface area contributed by atoms with Crippen molar-refractivity contribution in [2.45, 2.75) is 18.9 Å². The van der Waals surface area contributed by atoms with Gasteiger partial charge >= 0.3 is 0 Å². The number of hydrogen-bond donors (Lipinski definition) is 1. The Morgan fingerprint density at radius 1 is 1.44 bits per heavy atom. The van der Waals surface area contributed by atoms with Crippen LogP contribution in [0.3, 0.4) is 0 Å². The zero-order chi connectivity index (χ0) is 13.0. The highest BCUT2D eigenvalue weighted by molar-refractivity contribution is 9.10. The molecule has 1 heterocycles. The number of nitrogens with zero attached hydrogens (tertiary/aromatic N) is 1. The van der Waals surface area contributed by atoms with E-state index in [2.05, 4.69) is 15.9 Å². The summed E-state index contributed by atoms with van der Waals surface area (Å²) >= 11 is 3.39. The van der Waals surface area contributed by atoms with E-state index in [1.807, 2.05) is 24.3 Å². The standard InChI is InChI=1S/C13H17BrN2O2/c14-10-3-5-11(6-4-10)18-12-2-1-7-16(9-12)13(17)8-15/h3-6,12H,1-2,7-9,15H2. The van der Waals surface area contributed by atoms with Crippen molar-refractivity contribution in [3.8, 4) is 5.75 Å². The SMILES string of the molecule is NCC(=O)N1CCCC(Oc2ccc(Br)cc2)C1. The van der Waals surface area contributed by atoms with Gasteiger partial charge in [0, 0.05) is 11.0 Å². The lowest BCUT2D eigenvalue weighted by Crippen LogP contribution is -2.46. The summed E-state index contributed by atoms with van der Waals surface area (Å²) in [5.41, 5.74) is 5.38. The first kappa shape index (κ1) is 13.4. The van der Waals surface area contributed by atoms with Gasteiger partial charge in [-0.3, -0.25) is 4.79 Å². The molecule has 1 aromatic carbocycles. The molecule has 1 unspecified atom stereocenters. The third kappa shape index (κ3) is 3.46. The summed E-state index contributed by atoms with van der Waals surface area (Å²) < 4.78 is 6.91. The van der Waals surface area contributed by atoms with E-state index in [0.29, 0.717) is 6.54 Å². The molecule has 0 aromatic heterocycles. The fraction of sp³-hybridized carbons (Fsp3) is 0.462. The highest BCUT2D eigenvalue weighted by Gasteiger charge is 2.23. The third-order valence-electron chi connectivity index (χ3n) is 3.02. The minimum Gasteiger partial charge on any atom is -0.489 e. The third-order valence-corrected chi connectivity index (χ3v) is 3.55. The second-order valence-corrected chi connectivity index (χ2v) is 5.30. The van der Waals surface area contributed by atoms with Gasteiger partial charge in [-0.15, -0.1) is 0 Å². The summed E-state index contributed by atoms with van der Waals surface area (Å²) in [5.74, 6) is 0.837. The van der Waals surface area contributed by atoms with Gasteiger partial charge in [-0.1, -0.05) is 15.9 Å². The van der Waals surface area contributed by atoms with Gasteiger partial charge in [0.05, 0.1) is 13.1 Å². The number of nitrogens with two attached hydrogens (primary N) is 1. The Kier molecular flexibility index (Phi) is 4.60. The fourth-order valence-corrected chi connectivity index (χ4v) is 2.36. The van der Waals surface area contributed by atoms with Crippen LogP contribution in [0.15, 0.2) is 28.7 Å². The van der Waals surface area contributed by atoms with E-state index in [9.17, 15) is 4.79 Å². The van der Waals surface area contributed by atoms with Crippen LogP contribution in [0.2, 0.25) is 0 Å². The lowest BCUT2D eigenvalue weighted by atomic mass is 10.1. The number of amides is 1. The molecule has 18 heavy (non-hydrogen) atoms. The van der Waals surface area contributed by atoms with Crippen LogP contribution >= 0.6 is 15.9 Å². The number of benzene rings is 1. The highest BCUT2D eigenvalue weighted by atomic mass is 79.9. The van der Waals surface area contributed by atoms with Crippen LogP contribution in [0, 0.1) is 0 Å². The monoisotopic (exact) mass is 312 g/mol. The van der Waals surface area contributed by atoms with Crippen molar-refractivity contribution in [3.05, 3.63) is 28.7 Å². The summed E-state index contributed by atoms with van der Waals surface area (Å²) in [6, 6.07) is 7.74. The summed E-state index contributed by atoms with van der Waals surface area (Å²) in [7, 11) is 0. The first-order chi connectivity index (χ1) is 8.69. The average Bonchev–Trinajstić information content (AvgIpc) is 2.41. The normalized spacial score (nSPS) is 19.7. The Labute approximate surface area is 115 Å². The Hall–Kier alpha value is -1.07. The number of hydrogen-bond acceptors (Lipinski definition) is 3. The van der Waals surface area contributed by atoms with Gasteiger partial charge in [-0.2, -0.15) is 0 Å². The fourth-order valence-electron chi connectivity index (χ4n) is 2.10. The van der Waals surface area contributed by atoms with E-state index in [4.69, 9.17) is 10.5 Å². The molecule has 1 aromatic rings. The number of carbonyl (C=O) groups is 1. The Balaban J connectivity index is 1.93. The molecule has 0 radical (unpaired) electrons. The van der Waals surface area contributed by atoms with Gasteiger partial charge in [-0.25, -0.2) is 0 Å². The first-order valence-electron chi connectivity index (χ1n) is 6.09. The van der Waals surface area contributed by atoms with Crippen molar-refractivity contribution >= 4 is 21.8 Å². The number of rotatable bonds is 3. The molecule has 1 saturated heterocycles. The Morgan fingerprint density at radius 2 is 2.17 bits per heavy atom. The molecule has 0 bridgehead atoms. The van der Waals surface area contributed by atoms with Crippen molar-refractivity contribution in [2.24, 2.45) is 5.73 Å². The van der Waals surface area contributed by atoms with Crippen molar-refractivity contribution < 1.29 is 9.53 Å². The second-order valence-electron chi connectivity index (χ2n) is 4.38. The van der Waals surface area contributed by atoms with E-state index >= 15 is 0 Å². The Bertz CT molecular complexity index is 408. The van der Waals surface area contributed by atoms with E-state index in [1.165, 1.54) is 0 Å². The topological polar surface area (TPSA) is 55.6 Å². The molecule has 1 aliphatic heterocycles. The number of halogens is 1. The molecule has 0 saturated carbocycles. The first-order valence-corrected chi connectivity index (χ1v) is 6.88. The summed E-state index contributed by atoms with van der Waals surface area (Å²) in [6.07, 6.45) is 2.01. The summed E-state index contributed by atoms with van der Waals surface area (Å²) in [4.78, 5) is 13.3. The van der Waals surface area contributed by atoms with Gasteiger partial charge < -0.3 is 15.4 Å². The van der Waals surface area contributed by atoms with Crippen LogP contribution in [0.1, 0.15) is 12.8 Å². The van der Waals surface area contributed by atoms with Crippen molar-refractivity contribution in [2.75, 3.05) is 19.6 Å². The minimum absolute atomic E-state index is 0.000828. The number of ether oxygens (including phenoxy) is 1. The molecule has 1 atom stereocenters. The molecule has 2 N–H and O–H groups in total. The predicted octanol–water partition coefficient (Wildman–Crippen LogP) is 1.78. The highest BCUT2D eigenvalue weighted by Crippen LogP contribution is 2.20. The van der Waals surface area contributed by atoms with Crippen molar-refractivity contribution in [3.63, 3.8) is 0 Å².